The Hall–Kier alpha value is -2.94. The second kappa shape index (κ2) is 9.68. The van der Waals surface area contributed by atoms with E-state index in [9.17, 15) is 14.0 Å². The lowest BCUT2D eigenvalue weighted by molar-refractivity contribution is -0.127. The molecule has 32 heavy (non-hydrogen) atoms. The smallest absolute Gasteiger partial charge is 0.260 e. The number of hydrogen-bond acceptors (Lipinski definition) is 6. The van der Waals surface area contributed by atoms with Crippen molar-refractivity contribution >= 4 is 23.6 Å². The highest BCUT2D eigenvalue weighted by atomic mass is 32.2. The fraction of sp³-hybridized carbons (Fsp3) is 0.391. The number of likely N-dealkylation sites (tertiary alicyclic amines) is 1. The third-order valence-electron chi connectivity index (χ3n) is 5.23. The first-order chi connectivity index (χ1) is 15.4. The number of carbonyl (C=O) groups excluding carboxylic acids is 2. The van der Waals surface area contributed by atoms with Crippen LogP contribution < -0.4 is 0 Å². The Morgan fingerprint density at radius 3 is 2.69 bits per heavy atom. The summed E-state index contributed by atoms with van der Waals surface area (Å²) in [4.78, 5) is 27.6. The van der Waals surface area contributed by atoms with Crippen molar-refractivity contribution in [2.75, 3.05) is 6.54 Å². The molecule has 0 aliphatic carbocycles. The second-order valence-corrected chi connectivity index (χ2v) is 9.36. The summed E-state index contributed by atoms with van der Waals surface area (Å²) in [6.07, 6.45) is 3.78. The molecule has 3 heterocycles. The third-order valence-corrected chi connectivity index (χ3v) is 6.46. The van der Waals surface area contributed by atoms with Crippen LogP contribution in [0.5, 0.6) is 0 Å². The van der Waals surface area contributed by atoms with Gasteiger partial charge < -0.3 is 4.42 Å². The zero-order chi connectivity index (χ0) is 22.7. The van der Waals surface area contributed by atoms with Gasteiger partial charge in [-0.3, -0.25) is 19.1 Å². The molecule has 0 radical (unpaired) electrons. The van der Waals surface area contributed by atoms with E-state index >= 15 is 0 Å². The maximum absolute atomic E-state index is 13.3. The number of carbonyl (C=O) groups is 2. The van der Waals surface area contributed by atoms with Crippen LogP contribution in [0.2, 0.25) is 0 Å². The minimum atomic E-state index is -0.457. The van der Waals surface area contributed by atoms with E-state index in [2.05, 4.69) is 24.0 Å². The van der Waals surface area contributed by atoms with Gasteiger partial charge in [0, 0.05) is 18.7 Å². The summed E-state index contributed by atoms with van der Waals surface area (Å²) in [5.74, 6) is 0.495. The summed E-state index contributed by atoms with van der Waals surface area (Å²) in [5, 5.41) is 8.81. The molecule has 1 saturated heterocycles. The highest BCUT2D eigenvalue weighted by Gasteiger charge is 2.34. The molecule has 0 bridgehead atoms. The van der Waals surface area contributed by atoms with Gasteiger partial charge in [-0.1, -0.05) is 32.0 Å². The SMILES string of the molecule is CC(C)Cn1c(S[C@@H]2CCCCN(C(=O)c3ccc(F)cc3)C2=O)nnc1-c1ccco1. The molecule has 4 rings (SSSR count). The summed E-state index contributed by atoms with van der Waals surface area (Å²) in [6.45, 7) is 5.22. The van der Waals surface area contributed by atoms with Crippen LogP contribution in [-0.4, -0.2) is 43.3 Å². The molecule has 0 N–H and O–H groups in total. The van der Waals surface area contributed by atoms with E-state index in [4.69, 9.17) is 4.42 Å². The molecule has 1 fully saturated rings. The highest BCUT2D eigenvalue weighted by Crippen LogP contribution is 2.32. The summed E-state index contributed by atoms with van der Waals surface area (Å²) in [7, 11) is 0. The zero-order valence-electron chi connectivity index (χ0n) is 18.0. The maximum Gasteiger partial charge on any atom is 0.260 e. The minimum Gasteiger partial charge on any atom is -0.461 e. The molecule has 168 valence electrons. The summed E-state index contributed by atoms with van der Waals surface area (Å²) >= 11 is 1.34. The Balaban J connectivity index is 1.59. The van der Waals surface area contributed by atoms with Gasteiger partial charge in [0.1, 0.15) is 5.82 Å². The molecule has 1 atom stereocenters. The first-order valence-electron chi connectivity index (χ1n) is 10.7. The van der Waals surface area contributed by atoms with E-state index in [-0.39, 0.29) is 5.91 Å². The number of aromatic nitrogens is 3. The summed E-state index contributed by atoms with van der Waals surface area (Å²) < 4.78 is 20.7. The molecule has 2 amide bonds. The fourth-order valence-corrected chi connectivity index (χ4v) is 4.83. The Labute approximate surface area is 190 Å². The van der Waals surface area contributed by atoms with Gasteiger partial charge in [0.2, 0.25) is 5.91 Å². The largest absolute Gasteiger partial charge is 0.461 e. The van der Waals surface area contributed by atoms with Gasteiger partial charge in [-0.2, -0.15) is 0 Å². The maximum atomic E-state index is 13.3. The van der Waals surface area contributed by atoms with Crippen LogP contribution in [0.3, 0.4) is 0 Å². The Kier molecular flexibility index (Phi) is 6.74. The van der Waals surface area contributed by atoms with Crippen molar-refractivity contribution in [2.24, 2.45) is 5.92 Å². The highest BCUT2D eigenvalue weighted by molar-refractivity contribution is 8.00. The number of amides is 2. The van der Waals surface area contributed by atoms with Crippen molar-refractivity contribution in [3.63, 3.8) is 0 Å². The monoisotopic (exact) mass is 456 g/mol. The number of rotatable bonds is 6. The summed E-state index contributed by atoms with van der Waals surface area (Å²) in [6, 6.07) is 8.90. The summed E-state index contributed by atoms with van der Waals surface area (Å²) in [5.41, 5.74) is 0.300. The molecule has 3 aromatic rings. The minimum absolute atomic E-state index is 0.250. The Morgan fingerprint density at radius 1 is 1.22 bits per heavy atom. The van der Waals surface area contributed by atoms with Crippen molar-refractivity contribution in [1.82, 2.24) is 19.7 Å². The fourth-order valence-electron chi connectivity index (χ4n) is 3.69. The van der Waals surface area contributed by atoms with Gasteiger partial charge in [0.05, 0.1) is 11.5 Å². The first-order valence-corrected chi connectivity index (χ1v) is 11.6. The normalized spacial score (nSPS) is 17.1. The molecule has 0 unspecified atom stereocenters. The van der Waals surface area contributed by atoms with E-state index < -0.39 is 17.0 Å². The van der Waals surface area contributed by atoms with Crippen LogP contribution in [0.15, 0.2) is 52.2 Å². The Bertz CT molecular complexity index is 1080. The van der Waals surface area contributed by atoms with Crippen molar-refractivity contribution in [3.05, 3.63) is 54.0 Å². The van der Waals surface area contributed by atoms with E-state index in [1.54, 1.807) is 12.3 Å². The number of hydrogen-bond donors (Lipinski definition) is 0. The lowest BCUT2D eigenvalue weighted by Gasteiger charge is -2.22. The van der Waals surface area contributed by atoms with Gasteiger partial charge >= 0.3 is 0 Å². The van der Waals surface area contributed by atoms with Crippen LogP contribution in [0.25, 0.3) is 11.6 Å². The van der Waals surface area contributed by atoms with E-state index in [1.165, 1.54) is 40.9 Å². The molecule has 0 saturated carbocycles. The number of furan rings is 1. The molecule has 7 nitrogen and oxygen atoms in total. The lowest BCUT2D eigenvalue weighted by Crippen LogP contribution is -2.41. The number of nitrogens with zero attached hydrogens (tertiary/aromatic N) is 4. The zero-order valence-corrected chi connectivity index (χ0v) is 18.8. The molecule has 1 aliphatic rings. The van der Waals surface area contributed by atoms with Crippen molar-refractivity contribution in [1.29, 1.82) is 0 Å². The molecule has 1 aliphatic heterocycles. The van der Waals surface area contributed by atoms with Crippen LogP contribution in [0.1, 0.15) is 43.5 Å². The van der Waals surface area contributed by atoms with Crippen molar-refractivity contribution in [3.8, 4) is 11.6 Å². The third kappa shape index (κ3) is 4.77. The molecular weight excluding hydrogens is 431 g/mol. The van der Waals surface area contributed by atoms with Crippen molar-refractivity contribution < 1.29 is 18.4 Å². The molecule has 9 heteroatoms. The van der Waals surface area contributed by atoms with Crippen LogP contribution in [-0.2, 0) is 11.3 Å². The van der Waals surface area contributed by atoms with Gasteiger partial charge in [-0.25, -0.2) is 4.39 Å². The number of halogens is 1. The van der Waals surface area contributed by atoms with Gasteiger partial charge in [0.15, 0.2) is 16.7 Å². The predicted molar refractivity (Wildman–Crippen MR) is 119 cm³/mol. The van der Waals surface area contributed by atoms with Crippen LogP contribution in [0, 0.1) is 11.7 Å². The molecule has 0 spiro atoms. The average Bonchev–Trinajstić information content (AvgIpc) is 3.38. The topological polar surface area (TPSA) is 81.2 Å². The predicted octanol–water partition coefficient (Wildman–Crippen LogP) is 4.65. The Morgan fingerprint density at radius 2 is 2.00 bits per heavy atom. The van der Waals surface area contributed by atoms with Crippen molar-refractivity contribution in [2.45, 2.75) is 50.1 Å². The second-order valence-electron chi connectivity index (χ2n) is 8.19. The average molecular weight is 457 g/mol. The quantitative estimate of drug-likeness (QED) is 0.503. The van der Waals surface area contributed by atoms with Gasteiger partial charge in [-0.15, -0.1) is 10.2 Å². The van der Waals surface area contributed by atoms with Gasteiger partial charge in [-0.05, 0) is 55.2 Å². The van der Waals surface area contributed by atoms with Gasteiger partial charge in [0.25, 0.3) is 5.91 Å². The lowest BCUT2D eigenvalue weighted by atomic mass is 10.2. The molecule has 1 aromatic carbocycles. The standard InChI is InChI=1S/C23H25FN4O3S/c1-15(2)14-28-20(18-6-5-13-31-18)25-26-23(28)32-19-7-3-4-12-27(22(19)30)21(29)16-8-10-17(24)11-9-16/h5-6,8-11,13,15,19H,3-4,7,12,14H2,1-2H3/t19-/m1/s1. The van der Waals surface area contributed by atoms with E-state index in [0.717, 1.165) is 12.8 Å². The van der Waals surface area contributed by atoms with Crippen LogP contribution in [0.4, 0.5) is 4.39 Å². The molecule has 2 aromatic heterocycles. The number of benzene rings is 1. The molecular formula is C23H25FN4O3S. The first kappa shape index (κ1) is 22.3. The number of imide groups is 1. The number of thioether (sulfide) groups is 1. The van der Waals surface area contributed by atoms with E-state index in [0.29, 0.717) is 47.7 Å². The van der Waals surface area contributed by atoms with Crippen LogP contribution >= 0.6 is 11.8 Å². The van der Waals surface area contributed by atoms with E-state index in [1.807, 2.05) is 10.6 Å².